The molecule has 3 heterocycles. The van der Waals surface area contributed by atoms with Crippen molar-refractivity contribution in [2.45, 2.75) is 20.0 Å². The molecule has 160 valence electrons. The largest absolute Gasteiger partial charge is 0.477 e. The van der Waals surface area contributed by atoms with Gasteiger partial charge in [0.2, 0.25) is 5.78 Å². The number of rotatable bonds is 4. The number of hydrogen-bond acceptors (Lipinski definition) is 7. The van der Waals surface area contributed by atoms with Gasteiger partial charge in [-0.1, -0.05) is 12.1 Å². The molecule has 8 nitrogen and oxygen atoms in total. The number of nitro groups is 1. The van der Waals surface area contributed by atoms with Crippen LogP contribution in [0.25, 0.3) is 6.08 Å². The Labute approximate surface area is 183 Å². The molecule has 0 bridgehead atoms. The highest BCUT2D eigenvalue weighted by Crippen LogP contribution is 2.43. The van der Waals surface area contributed by atoms with Crippen LogP contribution in [-0.2, 0) is 13.1 Å². The zero-order chi connectivity index (χ0) is 22.2. The van der Waals surface area contributed by atoms with Gasteiger partial charge in [-0.2, -0.15) is 0 Å². The minimum atomic E-state index is -0.471. The number of ether oxygens (including phenoxy) is 2. The summed E-state index contributed by atoms with van der Waals surface area (Å²) in [5, 5.41) is 11.0. The monoisotopic (exact) mass is 429 g/mol. The number of carbonyl (C=O) groups excluding carboxylic acids is 1. The van der Waals surface area contributed by atoms with Crippen LogP contribution in [0.2, 0.25) is 0 Å². The quantitative estimate of drug-likeness (QED) is 0.347. The van der Waals surface area contributed by atoms with Crippen LogP contribution in [0, 0.1) is 17.0 Å². The van der Waals surface area contributed by atoms with Gasteiger partial charge >= 0.3 is 0 Å². The number of nitro benzene ring substituents is 1. The fourth-order valence-electron chi connectivity index (χ4n) is 4.02. The minimum Gasteiger partial charge on any atom is -0.477 e. The van der Waals surface area contributed by atoms with Gasteiger partial charge in [-0.25, -0.2) is 0 Å². The molecular formula is C24H19N3O5. The molecule has 0 atom stereocenters. The molecule has 2 aliphatic heterocycles. The molecule has 0 unspecified atom stereocenters. The number of benzene rings is 2. The summed E-state index contributed by atoms with van der Waals surface area (Å²) in [5.41, 5.74) is 3.79. The Kier molecular flexibility index (Phi) is 4.91. The molecule has 0 spiro atoms. The molecule has 2 aromatic carbocycles. The van der Waals surface area contributed by atoms with Gasteiger partial charge in [0, 0.05) is 48.7 Å². The molecule has 2 aliphatic rings. The number of fused-ring (bicyclic) bond motifs is 2. The predicted molar refractivity (Wildman–Crippen MR) is 116 cm³/mol. The van der Waals surface area contributed by atoms with E-state index in [9.17, 15) is 14.9 Å². The summed E-state index contributed by atoms with van der Waals surface area (Å²) in [5.74, 6) is 1.11. The fourth-order valence-corrected chi connectivity index (χ4v) is 4.02. The van der Waals surface area contributed by atoms with Crippen molar-refractivity contribution >= 4 is 17.5 Å². The average Bonchev–Trinajstić information content (AvgIpc) is 3.10. The SMILES string of the molecule is Cc1c2c(cc3c1O/C(=C\c1cccc([N+](=O)[O-])c1)C3=O)CN(Cc1ccncc1)CO2. The van der Waals surface area contributed by atoms with E-state index in [-0.39, 0.29) is 17.2 Å². The van der Waals surface area contributed by atoms with E-state index in [2.05, 4.69) is 9.88 Å². The highest BCUT2D eigenvalue weighted by atomic mass is 16.6. The molecule has 32 heavy (non-hydrogen) atoms. The number of nitrogens with zero attached hydrogens (tertiary/aromatic N) is 3. The van der Waals surface area contributed by atoms with Gasteiger partial charge in [-0.15, -0.1) is 0 Å². The van der Waals surface area contributed by atoms with E-state index in [1.54, 1.807) is 24.5 Å². The third-order valence-electron chi connectivity index (χ3n) is 5.54. The number of carbonyl (C=O) groups is 1. The molecule has 0 saturated heterocycles. The van der Waals surface area contributed by atoms with Gasteiger partial charge in [0.1, 0.15) is 18.2 Å². The van der Waals surface area contributed by atoms with E-state index >= 15 is 0 Å². The number of non-ortho nitro benzene ring substituents is 1. The van der Waals surface area contributed by atoms with Crippen molar-refractivity contribution in [1.29, 1.82) is 0 Å². The van der Waals surface area contributed by atoms with Gasteiger partial charge in [-0.05, 0) is 42.3 Å². The number of pyridine rings is 1. The Morgan fingerprint density at radius 2 is 2.00 bits per heavy atom. The fraction of sp³-hybridized carbons (Fsp3) is 0.167. The third-order valence-corrected chi connectivity index (χ3v) is 5.54. The lowest BCUT2D eigenvalue weighted by Gasteiger charge is -2.30. The third kappa shape index (κ3) is 3.61. The maximum atomic E-state index is 13.0. The lowest BCUT2D eigenvalue weighted by Crippen LogP contribution is -2.32. The predicted octanol–water partition coefficient (Wildman–Crippen LogP) is 4.27. The molecule has 1 aromatic heterocycles. The van der Waals surface area contributed by atoms with Crippen molar-refractivity contribution in [3.05, 3.63) is 98.5 Å². The van der Waals surface area contributed by atoms with Gasteiger partial charge < -0.3 is 9.47 Å². The second kappa shape index (κ2) is 7.90. The number of ketones is 1. The average molecular weight is 429 g/mol. The van der Waals surface area contributed by atoms with Gasteiger partial charge in [0.05, 0.1) is 10.5 Å². The summed E-state index contributed by atoms with van der Waals surface area (Å²) < 4.78 is 11.9. The minimum absolute atomic E-state index is 0.0448. The first-order valence-corrected chi connectivity index (χ1v) is 10.1. The molecule has 3 aromatic rings. The summed E-state index contributed by atoms with van der Waals surface area (Å²) in [6.45, 7) is 3.66. The Bertz CT molecular complexity index is 1270. The molecule has 0 N–H and O–H groups in total. The first-order valence-electron chi connectivity index (χ1n) is 10.1. The first-order chi connectivity index (χ1) is 15.5. The lowest BCUT2D eigenvalue weighted by molar-refractivity contribution is -0.384. The summed E-state index contributed by atoms with van der Waals surface area (Å²) in [7, 11) is 0. The number of aromatic nitrogens is 1. The molecule has 5 rings (SSSR count). The Hall–Kier alpha value is -4.04. The first kappa shape index (κ1) is 19.9. The molecule has 0 saturated carbocycles. The van der Waals surface area contributed by atoms with E-state index in [1.807, 2.05) is 25.1 Å². The number of Topliss-reactive ketones (excluding diaryl/α,β-unsaturated/α-hetero) is 1. The van der Waals surface area contributed by atoms with Crippen LogP contribution in [-0.4, -0.2) is 27.3 Å². The summed E-state index contributed by atoms with van der Waals surface area (Å²) in [4.78, 5) is 29.8. The smallest absolute Gasteiger partial charge is 0.270 e. The van der Waals surface area contributed by atoms with Crippen LogP contribution < -0.4 is 9.47 Å². The highest BCUT2D eigenvalue weighted by molar-refractivity contribution is 6.15. The highest BCUT2D eigenvalue weighted by Gasteiger charge is 2.33. The molecule has 8 heteroatoms. The van der Waals surface area contributed by atoms with Crippen molar-refractivity contribution in [1.82, 2.24) is 9.88 Å². The van der Waals surface area contributed by atoms with Crippen LogP contribution in [0.5, 0.6) is 11.5 Å². The summed E-state index contributed by atoms with van der Waals surface area (Å²) in [6.07, 6.45) is 5.05. The Balaban J connectivity index is 1.43. The van der Waals surface area contributed by atoms with Crippen LogP contribution in [0.1, 0.15) is 32.6 Å². The van der Waals surface area contributed by atoms with Crippen LogP contribution in [0.15, 0.2) is 60.6 Å². The van der Waals surface area contributed by atoms with Crippen LogP contribution in [0.4, 0.5) is 5.69 Å². The molecular weight excluding hydrogens is 410 g/mol. The number of allylic oxidation sites excluding steroid dienone is 1. The van der Waals surface area contributed by atoms with Crippen molar-refractivity contribution in [3.8, 4) is 11.5 Å². The second-order valence-corrected chi connectivity index (χ2v) is 7.77. The van der Waals surface area contributed by atoms with Crippen molar-refractivity contribution < 1.29 is 19.2 Å². The van der Waals surface area contributed by atoms with E-state index in [0.717, 1.165) is 22.4 Å². The molecule has 0 fully saturated rings. The van der Waals surface area contributed by atoms with Crippen molar-refractivity contribution in [2.24, 2.45) is 0 Å². The van der Waals surface area contributed by atoms with Crippen molar-refractivity contribution in [2.75, 3.05) is 6.73 Å². The normalized spacial score (nSPS) is 16.3. The van der Waals surface area contributed by atoms with Crippen LogP contribution in [0.3, 0.4) is 0 Å². The Morgan fingerprint density at radius 3 is 2.78 bits per heavy atom. The second-order valence-electron chi connectivity index (χ2n) is 7.77. The number of hydrogen-bond donors (Lipinski definition) is 0. The topological polar surface area (TPSA) is 94.8 Å². The van der Waals surface area contributed by atoms with E-state index in [1.165, 1.54) is 18.2 Å². The maximum Gasteiger partial charge on any atom is 0.270 e. The Morgan fingerprint density at radius 1 is 1.19 bits per heavy atom. The molecule has 0 amide bonds. The standard InChI is InChI=1S/C24H19N3O5/c1-15-23-18(13-26(14-31-23)12-16-5-7-25-8-6-16)11-20-22(28)21(32-24(15)20)10-17-3-2-4-19(9-17)27(29)30/h2-11H,12-14H2,1H3/b21-10-. The van der Waals surface area contributed by atoms with Crippen molar-refractivity contribution in [3.63, 3.8) is 0 Å². The zero-order valence-electron chi connectivity index (χ0n) is 17.3. The maximum absolute atomic E-state index is 13.0. The molecule has 0 radical (unpaired) electrons. The van der Waals surface area contributed by atoms with E-state index in [0.29, 0.717) is 36.7 Å². The van der Waals surface area contributed by atoms with E-state index in [4.69, 9.17) is 9.47 Å². The van der Waals surface area contributed by atoms with Gasteiger partial charge in [0.15, 0.2) is 5.76 Å². The molecule has 0 aliphatic carbocycles. The van der Waals surface area contributed by atoms with Crippen LogP contribution >= 0.6 is 0 Å². The summed E-state index contributed by atoms with van der Waals surface area (Å²) >= 11 is 0. The zero-order valence-corrected chi connectivity index (χ0v) is 17.3. The van der Waals surface area contributed by atoms with Gasteiger partial charge in [0.25, 0.3) is 5.69 Å². The summed E-state index contributed by atoms with van der Waals surface area (Å²) in [6, 6.07) is 11.8. The lowest BCUT2D eigenvalue weighted by atomic mass is 10.00. The van der Waals surface area contributed by atoms with E-state index < -0.39 is 4.92 Å². The van der Waals surface area contributed by atoms with Gasteiger partial charge in [-0.3, -0.25) is 24.8 Å².